The highest BCUT2D eigenvalue weighted by atomic mass is 16.6. The summed E-state index contributed by atoms with van der Waals surface area (Å²) in [6, 6.07) is 4.95. The monoisotopic (exact) mass is 296 g/mol. The zero-order valence-electron chi connectivity index (χ0n) is 12.9. The number of rotatable bonds is 10. The van der Waals surface area contributed by atoms with Crippen molar-refractivity contribution in [1.82, 2.24) is 5.32 Å². The fourth-order valence-corrected chi connectivity index (χ4v) is 1.78. The van der Waals surface area contributed by atoms with Crippen LogP contribution in [0.4, 0.5) is 5.69 Å². The maximum absolute atomic E-state index is 11.0. The Morgan fingerprint density at radius 2 is 2.10 bits per heavy atom. The van der Waals surface area contributed by atoms with Gasteiger partial charge < -0.3 is 14.8 Å². The quantitative estimate of drug-likeness (QED) is 0.408. The molecule has 0 spiro atoms. The maximum Gasteiger partial charge on any atom is 0.310 e. The molecular weight excluding hydrogens is 272 g/mol. The molecule has 1 rings (SSSR count). The first kappa shape index (κ1) is 17.4. The highest BCUT2D eigenvalue weighted by Crippen LogP contribution is 2.28. The zero-order chi connectivity index (χ0) is 15.7. The number of nitrogens with zero attached hydrogens (tertiary/aromatic N) is 1. The van der Waals surface area contributed by atoms with E-state index >= 15 is 0 Å². The predicted molar refractivity (Wildman–Crippen MR) is 81.7 cm³/mol. The van der Waals surface area contributed by atoms with E-state index in [0.717, 1.165) is 18.5 Å². The van der Waals surface area contributed by atoms with Crippen molar-refractivity contribution >= 4 is 5.69 Å². The largest absolute Gasteiger partial charge is 0.484 e. The summed E-state index contributed by atoms with van der Waals surface area (Å²) in [6.45, 7) is 8.25. The van der Waals surface area contributed by atoms with E-state index in [1.165, 1.54) is 6.07 Å². The van der Waals surface area contributed by atoms with Gasteiger partial charge in [0.1, 0.15) is 6.61 Å². The number of nitro groups is 1. The van der Waals surface area contributed by atoms with Crippen LogP contribution in [-0.4, -0.2) is 30.8 Å². The number of hydrogen-bond donors (Lipinski definition) is 1. The number of ether oxygens (including phenoxy) is 2. The van der Waals surface area contributed by atoms with Gasteiger partial charge in [0, 0.05) is 12.6 Å². The van der Waals surface area contributed by atoms with Crippen molar-refractivity contribution in [3.8, 4) is 5.75 Å². The van der Waals surface area contributed by atoms with Gasteiger partial charge in [0.15, 0.2) is 5.75 Å². The van der Waals surface area contributed by atoms with E-state index in [-0.39, 0.29) is 11.8 Å². The minimum Gasteiger partial charge on any atom is -0.484 e. The third kappa shape index (κ3) is 6.55. The summed E-state index contributed by atoms with van der Waals surface area (Å²) in [6.07, 6.45) is 1.16. The van der Waals surface area contributed by atoms with Crippen molar-refractivity contribution in [2.45, 2.75) is 39.8 Å². The molecule has 0 aliphatic rings. The summed E-state index contributed by atoms with van der Waals surface area (Å²) in [5, 5.41) is 14.3. The van der Waals surface area contributed by atoms with Gasteiger partial charge >= 0.3 is 5.69 Å². The van der Waals surface area contributed by atoms with Gasteiger partial charge in [0.05, 0.1) is 17.6 Å². The van der Waals surface area contributed by atoms with E-state index in [0.29, 0.717) is 25.5 Å². The third-order valence-electron chi connectivity index (χ3n) is 2.77. The smallest absolute Gasteiger partial charge is 0.310 e. The van der Waals surface area contributed by atoms with Crippen molar-refractivity contribution in [3.05, 3.63) is 33.9 Å². The van der Waals surface area contributed by atoms with Crippen molar-refractivity contribution in [2.75, 3.05) is 19.8 Å². The molecule has 21 heavy (non-hydrogen) atoms. The van der Waals surface area contributed by atoms with Crippen LogP contribution in [0.3, 0.4) is 0 Å². The highest BCUT2D eigenvalue weighted by Gasteiger charge is 2.15. The first-order valence-corrected chi connectivity index (χ1v) is 7.27. The predicted octanol–water partition coefficient (Wildman–Crippen LogP) is 2.90. The second-order valence-corrected chi connectivity index (χ2v) is 5.00. The molecule has 0 radical (unpaired) electrons. The van der Waals surface area contributed by atoms with Gasteiger partial charge in [0.2, 0.25) is 0 Å². The Kier molecular flexibility index (Phi) is 7.71. The van der Waals surface area contributed by atoms with Crippen molar-refractivity contribution in [2.24, 2.45) is 0 Å². The number of benzene rings is 1. The summed E-state index contributed by atoms with van der Waals surface area (Å²) < 4.78 is 10.9. The number of nitro benzene ring substituents is 1. The molecule has 6 heteroatoms. The Hall–Kier alpha value is -1.66. The molecule has 0 fully saturated rings. The van der Waals surface area contributed by atoms with E-state index in [9.17, 15) is 10.1 Å². The summed E-state index contributed by atoms with van der Waals surface area (Å²) in [4.78, 5) is 10.6. The second kappa shape index (κ2) is 9.31. The maximum atomic E-state index is 11.0. The van der Waals surface area contributed by atoms with Gasteiger partial charge in [-0.1, -0.05) is 13.0 Å². The highest BCUT2D eigenvalue weighted by molar-refractivity contribution is 5.48. The lowest BCUT2D eigenvalue weighted by Gasteiger charge is -2.11. The SMILES string of the molecule is CCCNCc1ccc([N+](=O)[O-])c(OCCOC(C)C)c1. The molecule has 0 unspecified atom stereocenters. The van der Waals surface area contributed by atoms with Gasteiger partial charge in [-0.15, -0.1) is 0 Å². The Balaban J connectivity index is 2.67. The summed E-state index contributed by atoms with van der Waals surface area (Å²) in [5.74, 6) is 0.295. The summed E-state index contributed by atoms with van der Waals surface area (Å²) >= 11 is 0. The molecule has 0 aliphatic heterocycles. The average Bonchev–Trinajstić information content (AvgIpc) is 2.43. The van der Waals surface area contributed by atoms with Gasteiger partial charge in [-0.2, -0.15) is 0 Å². The van der Waals surface area contributed by atoms with Crippen molar-refractivity contribution in [3.63, 3.8) is 0 Å². The number of hydrogen-bond acceptors (Lipinski definition) is 5. The van der Waals surface area contributed by atoms with E-state index < -0.39 is 4.92 Å². The fraction of sp³-hybridized carbons (Fsp3) is 0.600. The van der Waals surface area contributed by atoms with Crippen molar-refractivity contribution in [1.29, 1.82) is 0 Å². The average molecular weight is 296 g/mol. The molecule has 118 valence electrons. The first-order valence-electron chi connectivity index (χ1n) is 7.27. The van der Waals surface area contributed by atoms with Crippen LogP contribution in [-0.2, 0) is 11.3 Å². The molecule has 0 atom stereocenters. The second-order valence-electron chi connectivity index (χ2n) is 5.00. The molecule has 0 saturated carbocycles. The molecule has 0 heterocycles. The standard InChI is InChI=1S/C15H24N2O4/c1-4-7-16-11-13-5-6-14(17(18)19)15(10-13)21-9-8-20-12(2)3/h5-6,10,12,16H,4,7-9,11H2,1-3H3. The molecule has 0 bridgehead atoms. The molecular formula is C15H24N2O4. The lowest BCUT2D eigenvalue weighted by atomic mass is 10.2. The van der Waals surface area contributed by atoms with Crippen LogP contribution in [0, 0.1) is 10.1 Å². The molecule has 0 saturated heterocycles. The molecule has 0 amide bonds. The van der Waals surface area contributed by atoms with Gasteiger partial charge in [-0.05, 0) is 38.4 Å². The van der Waals surface area contributed by atoms with Crippen LogP contribution >= 0.6 is 0 Å². The zero-order valence-corrected chi connectivity index (χ0v) is 12.9. The normalized spacial score (nSPS) is 10.9. The van der Waals surface area contributed by atoms with Crippen LogP contribution in [0.5, 0.6) is 5.75 Å². The molecule has 1 aromatic rings. The Morgan fingerprint density at radius 3 is 2.71 bits per heavy atom. The van der Waals surface area contributed by atoms with E-state index in [4.69, 9.17) is 9.47 Å². The van der Waals surface area contributed by atoms with Gasteiger partial charge in [0.25, 0.3) is 0 Å². The lowest BCUT2D eigenvalue weighted by Crippen LogP contribution is -2.14. The Morgan fingerprint density at radius 1 is 1.33 bits per heavy atom. The van der Waals surface area contributed by atoms with Gasteiger partial charge in [-0.25, -0.2) is 0 Å². The molecule has 1 aromatic carbocycles. The number of nitrogens with one attached hydrogen (secondary N) is 1. The molecule has 1 N–H and O–H groups in total. The van der Waals surface area contributed by atoms with E-state index in [1.54, 1.807) is 12.1 Å². The van der Waals surface area contributed by atoms with Crippen LogP contribution in [0.2, 0.25) is 0 Å². The van der Waals surface area contributed by atoms with Gasteiger partial charge in [-0.3, -0.25) is 10.1 Å². The summed E-state index contributed by atoms with van der Waals surface area (Å²) in [7, 11) is 0. The Labute approximate surface area is 125 Å². The van der Waals surface area contributed by atoms with Crippen LogP contribution in [0.1, 0.15) is 32.8 Å². The molecule has 0 aromatic heterocycles. The van der Waals surface area contributed by atoms with Crippen LogP contribution < -0.4 is 10.1 Å². The lowest BCUT2D eigenvalue weighted by molar-refractivity contribution is -0.385. The fourth-order valence-electron chi connectivity index (χ4n) is 1.78. The van der Waals surface area contributed by atoms with E-state index in [2.05, 4.69) is 12.2 Å². The third-order valence-corrected chi connectivity index (χ3v) is 2.77. The van der Waals surface area contributed by atoms with Crippen LogP contribution in [0.25, 0.3) is 0 Å². The van der Waals surface area contributed by atoms with Crippen LogP contribution in [0.15, 0.2) is 18.2 Å². The minimum atomic E-state index is -0.429. The minimum absolute atomic E-state index is 0.0150. The molecule has 0 aliphatic carbocycles. The van der Waals surface area contributed by atoms with Crippen molar-refractivity contribution < 1.29 is 14.4 Å². The topological polar surface area (TPSA) is 73.6 Å². The first-order chi connectivity index (χ1) is 10.0. The Bertz CT molecular complexity index is 449. The van der Waals surface area contributed by atoms with E-state index in [1.807, 2.05) is 13.8 Å². The summed E-state index contributed by atoms with van der Waals surface area (Å²) in [5.41, 5.74) is 0.951. The molecule has 6 nitrogen and oxygen atoms in total.